The molecule has 3 aromatic rings. The van der Waals surface area contributed by atoms with Crippen molar-refractivity contribution in [3.05, 3.63) is 89.9 Å². The van der Waals surface area contributed by atoms with Crippen molar-refractivity contribution < 1.29 is 19.1 Å². The molecule has 1 aliphatic heterocycles. The number of benzene rings is 2. The van der Waals surface area contributed by atoms with Gasteiger partial charge >= 0.3 is 0 Å². The monoisotopic (exact) mass is 429 g/mol. The van der Waals surface area contributed by atoms with Crippen molar-refractivity contribution >= 4 is 23.1 Å². The first-order valence-electron chi connectivity index (χ1n) is 10.2. The van der Waals surface area contributed by atoms with Crippen LogP contribution < -0.4 is 14.8 Å². The molecule has 0 saturated heterocycles. The molecule has 0 fully saturated rings. The van der Waals surface area contributed by atoms with Crippen LogP contribution in [0.15, 0.2) is 78.8 Å². The van der Waals surface area contributed by atoms with E-state index in [0.717, 1.165) is 11.3 Å². The number of hydrogen-bond donors (Lipinski definition) is 1. The van der Waals surface area contributed by atoms with Crippen molar-refractivity contribution in [1.29, 1.82) is 0 Å². The maximum absolute atomic E-state index is 13.4. The minimum absolute atomic E-state index is 0.146. The Morgan fingerprint density at radius 1 is 0.938 bits per heavy atom. The summed E-state index contributed by atoms with van der Waals surface area (Å²) in [5, 5.41) is 3.15. The summed E-state index contributed by atoms with van der Waals surface area (Å²) in [6.45, 7) is 2.62. The number of methoxy groups -OCH3 is 1. The van der Waals surface area contributed by atoms with E-state index in [4.69, 9.17) is 9.47 Å². The fourth-order valence-corrected chi connectivity index (χ4v) is 3.55. The van der Waals surface area contributed by atoms with Gasteiger partial charge in [-0.05, 0) is 55.0 Å². The molecule has 162 valence electrons. The standard InChI is InChI=1S/C25H23N3O4/c1-3-32-19-10-8-18(9-11-19)27-23-22(20-6-4-5-7-21(20)31-2)24(29)28(25(23)30)16-17-12-14-26-15-13-17/h4-15,27H,3,16H2,1-2H3. The van der Waals surface area contributed by atoms with Gasteiger partial charge in [-0.3, -0.25) is 19.5 Å². The Kier molecular flexibility index (Phi) is 6.17. The van der Waals surface area contributed by atoms with Crippen LogP contribution in [0.4, 0.5) is 5.69 Å². The number of rotatable bonds is 8. The highest BCUT2D eigenvalue weighted by Gasteiger charge is 2.40. The SMILES string of the molecule is CCOc1ccc(NC2=C(c3ccccc3OC)C(=O)N(Cc3ccncc3)C2=O)cc1. The van der Waals surface area contributed by atoms with E-state index < -0.39 is 5.91 Å². The number of pyridine rings is 1. The zero-order valence-electron chi connectivity index (χ0n) is 17.9. The predicted octanol–water partition coefficient (Wildman–Crippen LogP) is 3.88. The van der Waals surface area contributed by atoms with Crippen LogP contribution in [0, 0.1) is 0 Å². The fraction of sp³-hybridized carbons (Fsp3) is 0.160. The Bertz CT molecular complexity index is 1160. The highest BCUT2D eigenvalue weighted by atomic mass is 16.5. The van der Waals surface area contributed by atoms with Crippen LogP contribution in [0.25, 0.3) is 5.57 Å². The summed E-state index contributed by atoms with van der Waals surface area (Å²) in [6, 6.07) is 18.0. The Morgan fingerprint density at radius 2 is 1.66 bits per heavy atom. The largest absolute Gasteiger partial charge is 0.496 e. The van der Waals surface area contributed by atoms with Crippen LogP contribution in [-0.2, 0) is 16.1 Å². The molecule has 7 nitrogen and oxygen atoms in total. The van der Waals surface area contributed by atoms with Gasteiger partial charge in [0.2, 0.25) is 0 Å². The van der Waals surface area contributed by atoms with Crippen LogP contribution in [0.1, 0.15) is 18.1 Å². The van der Waals surface area contributed by atoms with Crippen LogP contribution in [-0.4, -0.2) is 35.4 Å². The molecule has 0 spiro atoms. The first kappa shape index (κ1) is 21.1. The summed E-state index contributed by atoms with van der Waals surface area (Å²) < 4.78 is 10.9. The van der Waals surface area contributed by atoms with E-state index in [0.29, 0.717) is 23.6 Å². The highest BCUT2D eigenvalue weighted by Crippen LogP contribution is 2.36. The van der Waals surface area contributed by atoms with Crippen LogP contribution >= 0.6 is 0 Å². The van der Waals surface area contributed by atoms with Crippen LogP contribution in [0.3, 0.4) is 0 Å². The number of carbonyl (C=O) groups is 2. The molecule has 1 aromatic heterocycles. The van der Waals surface area contributed by atoms with Gasteiger partial charge in [0.1, 0.15) is 17.2 Å². The molecule has 0 bridgehead atoms. The third kappa shape index (κ3) is 4.18. The summed E-state index contributed by atoms with van der Waals surface area (Å²) >= 11 is 0. The number of anilines is 1. The van der Waals surface area contributed by atoms with E-state index in [1.54, 1.807) is 48.8 Å². The van der Waals surface area contributed by atoms with Gasteiger partial charge in [-0.2, -0.15) is 0 Å². The zero-order chi connectivity index (χ0) is 22.5. The van der Waals surface area contributed by atoms with Gasteiger partial charge in [-0.15, -0.1) is 0 Å². The van der Waals surface area contributed by atoms with Crippen LogP contribution in [0.2, 0.25) is 0 Å². The van der Waals surface area contributed by atoms with Crippen molar-refractivity contribution in [3.63, 3.8) is 0 Å². The molecular formula is C25H23N3O4. The van der Waals surface area contributed by atoms with Crippen molar-refractivity contribution in [3.8, 4) is 11.5 Å². The quantitative estimate of drug-likeness (QED) is 0.548. The van der Waals surface area contributed by atoms with Gasteiger partial charge in [-0.1, -0.05) is 18.2 Å². The van der Waals surface area contributed by atoms with Gasteiger partial charge in [0, 0.05) is 23.6 Å². The lowest BCUT2D eigenvalue weighted by Crippen LogP contribution is -2.32. The molecule has 4 rings (SSSR count). The molecule has 2 amide bonds. The number of imide groups is 1. The average Bonchev–Trinajstić information content (AvgIpc) is 3.05. The zero-order valence-corrected chi connectivity index (χ0v) is 17.9. The first-order chi connectivity index (χ1) is 15.6. The molecule has 2 heterocycles. The predicted molar refractivity (Wildman–Crippen MR) is 121 cm³/mol. The third-order valence-electron chi connectivity index (χ3n) is 5.07. The number of nitrogens with zero attached hydrogens (tertiary/aromatic N) is 2. The van der Waals surface area contributed by atoms with Gasteiger partial charge < -0.3 is 14.8 Å². The highest BCUT2D eigenvalue weighted by molar-refractivity contribution is 6.36. The summed E-state index contributed by atoms with van der Waals surface area (Å²) in [5.41, 5.74) is 2.51. The molecule has 1 aliphatic rings. The lowest BCUT2D eigenvalue weighted by Gasteiger charge is -2.15. The normalized spacial score (nSPS) is 13.5. The molecule has 0 unspecified atom stereocenters. The smallest absolute Gasteiger partial charge is 0.278 e. The second-order valence-corrected chi connectivity index (χ2v) is 7.08. The van der Waals surface area contributed by atoms with E-state index >= 15 is 0 Å². The third-order valence-corrected chi connectivity index (χ3v) is 5.07. The second-order valence-electron chi connectivity index (χ2n) is 7.08. The maximum atomic E-state index is 13.4. The molecule has 0 atom stereocenters. The Morgan fingerprint density at radius 3 is 2.34 bits per heavy atom. The van der Waals surface area contributed by atoms with Crippen LogP contribution in [0.5, 0.6) is 11.5 Å². The molecule has 0 radical (unpaired) electrons. The molecule has 32 heavy (non-hydrogen) atoms. The number of aromatic nitrogens is 1. The van der Waals surface area contributed by atoms with E-state index in [1.807, 2.05) is 31.2 Å². The average molecular weight is 429 g/mol. The number of para-hydroxylation sites is 1. The number of amides is 2. The van der Waals surface area contributed by atoms with Gasteiger partial charge in [0.15, 0.2) is 0 Å². The fourth-order valence-electron chi connectivity index (χ4n) is 3.55. The van der Waals surface area contributed by atoms with E-state index in [9.17, 15) is 9.59 Å². The molecule has 7 heteroatoms. The van der Waals surface area contributed by atoms with Crippen molar-refractivity contribution in [2.45, 2.75) is 13.5 Å². The number of hydrogen-bond acceptors (Lipinski definition) is 6. The minimum Gasteiger partial charge on any atom is -0.496 e. The Labute approximate surface area is 186 Å². The van der Waals surface area contributed by atoms with Crippen molar-refractivity contribution in [2.24, 2.45) is 0 Å². The molecule has 0 saturated carbocycles. The molecule has 2 aromatic carbocycles. The summed E-state index contributed by atoms with van der Waals surface area (Å²) in [4.78, 5) is 32.1. The lowest BCUT2D eigenvalue weighted by molar-refractivity contribution is -0.137. The first-order valence-corrected chi connectivity index (χ1v) is 10.2. The van der Waals surface area contributed by atoms with Gasteiger partial charge in [0.05, 0.1) is 25.8 Å². The Balaban J connectivity index is 1.74. The minimum atomic E-state index is -0.401. The molecule has 0 aliphatic carbocycles. The maximum Gasteiger partial charge on any atom is 0.278 e. The number of nitrogens with one attached hydrogen (secondary N) is 1. The van der Waals surface area contributed by atoms with Gasteiger partial charge in [0.25, 0.3) is 11.8 Å². The lowest BCUT2D eigenvalue weighted by atomic mass is 10.0. The number of ether oxygens (including phenoxy) is 2. The van der Waals surface area contributed by atoms with E-state index in [-0.39, 0.29) is 23.7 Å². The summed E-state index contributed by atoms with van der Waals surface area (Å²) in [6.07, 6.45) is 3.27. The second kappa shape index (κ2) is 9.34. The molecule has 1 N–H and O–H groups in total. The van der Waals surface area contributed by atoms with Gasteiger partial charge in [-0.25, -0.2) is 0 Å². The number of carbonyl (C=O) groups excluding carboxylic acids is 2. The van der Waals surface area contributed by atoms with E-state index in [2.05, 4.69) is 10.3 Å². The Hall–Kier alpha value is -4.13. The van der Waals surface area contributed by atoms with Crippen molar-refractivity contribution in [2.75, 3.05) is 19.0 Å². The molecular weight excluding hydrogens is 406 g/mol. The van der Waals surface area contributed by atoms with E-state index in [1.165, 1.54) is 12.0 Å². The summed E-state index contributed by atoms with van der Waals surface area (Å²) in [7, 11) is 1.54. The summed E-state index contributed by atoms with van der Waals surface area (Å²) in [5.74, 6) is 0.455. The topological polar surface area (TPSA) is 80.8 Å². The van der Waals surface area contributed by atoms with Crippen molar-refractivity contribution in [1.82, 2.24) is 9.88 Å².